The molecule has 0 spiro atoms. The number of benzene rings is 1. The fourth-order valence-electron chi connectivity index (χ4n) is 3.12. The van der Waals surface area contributed by atoms with E-state index in [1.807, 2.05) is 25.1 Å². The first-order chi connectivity index (χ1) is 12.6. The van der Waals surface area contributed by atoms with Crippen molar-refractivity contribution in [3.05, 3.63) is 48.0 Å². The van der Waals surface area contributed by atoms with Crippen LogP contribution >= 0.6 is 0 Å². The van der Waals surface area contributed by atoms with Crippen LogP contribution in [0.4, 0.5) is 4.39 Å². The number of ether oxygens (including phenoxy) is 3. The van der Waals surface area contributed by atoms with Crippen molar-refractivity contribution in [2.75, 3.05) is 19.8 Å². The molecule has 0 radical (unpaired) electrons. The van der Waals surface area contributed by atoms with Gasteiger partial charge in [-0.25, -0.2) is 4.98 Å². The number of hydrogen-bond donors (Lipinski definition) is 2. The second-order valence-corrected chi connectivity index (χ2v) is 6.10. The van der Waals surface area contributed by atoms with E-state index in [0.717, 1.165) is 5.56 Å². The molecule has 2 atom stereocenters. The van der Waals surface area contributed by atoms with Crippen molar-refractivity contribution in [3.8, 4) is 16.9 Å². The van der Waals surface area contributed by atoms with Crippen molar-refractivity contribution >= 4 is 6.02 Å². The van der Waals surface area contributed by atoms with Gasteiger partial charge in [0.05, 0.1) is 13.2 Å². The van der Waals surface area contributed by atoms with Crippen LogP contribution in [0.25, 0.3) is 11.1 Å². The average Bonchev–Trinajstić information content (AvgIpc) is 2.64. The Morgan fingerprint density at radius 3 is 2.96 bits per heavy atom. The molecule has 1 aromatic heterocycles. The monoisotopic (exact) mass is 359 g/mol. The zero-order valence-corrected chi connectivity index (χ0v) is 14.6. The molecule has 0 saturated carbocycles. The number of nitrogens with zero attached hydrogens (tertiary/aromatic N) is 1. The summed E-state index contributed by atoms with van der Waals surface area (Å²) in [6, 6.07) is 8.59. The quantitative estimate of drug-likeness (QED) is 0.470. The lowest BCUT2D eigenvalue weighted by Gasteiger charge is -2.32. The number of amidine groups is 1. The van der Waals surface area contributed by atoms with Gasteiger partial charge in [-0.2, -0.15) is 4.39 Å². The van der Waals surface area contributed by atoms with Crippen molar-refractivity contribution in [1.82, 2.24) is 4.98 Å². The molecule has 3 N–H and O–H groups in total. The van der Waals surface area contributed by atoms with Crippen LogP contribution in [0, 0.1) is 11.4 Å². The lowest BCUT2D eigenvalue weighted by atomic mass is 9.88. The first kappa shape index (κ1) is 18.1. The molecule has 0 fully saturated rings. The number of pyridine rings is 1. The summed E-state index contributed by atoms with van der Waals surface area (Å²) in [5.41, 5.74) is 7.38. The van der Waals surface area contributed by atoms with Crippen LogP contribution in [0.5, 0.6) is 5.75 Å². The topological polar surface area (TPSA) is 90.5 Å². The highest BCUT2D eigenvalue weighted by molar-refractivity contribution is 5.68. The van der Waals surface area contributed by atoms with Gasteiger partial charge in [0.15, 0.2) is 0 Å². The zero-order chi connectivity index (χ0) is 18.5. The van der Waals surface area contributed by atoms with Crippen LogP contribution < -0.4 is 10.5 Å². The van der Waals surface area contributed by atoms with E-state index in [2.05, 4.69) is 4.98 Å². The van der Waals surface area contributed by atoms with E-state index < -0.39 is 5.95 Å². The molecule has 3 rings (SSSR count). The molecular weight excluding hydrogens is 337 g/mol. The van der Waals surface area contributed by atoms with Crippen LogP contribution in [-0.2, 0) is 9.47 Å². The maximum Gasteiger partial charge on any atom is 0.279 e. The van der Waals surface area contributed by atoms with Gasteiger partial charge in [-0.1, -0.05) is 6.07 Å². The number of rotatable bonds is 6. The SMILES string of the molecule is CCOCC1CC(COC(=N)N)c2cc(-c3cccnc3F)ccc2O1. The summed E-state index contributed by atoms with van der Waals surface area (Å²) >= 11 is 0. The summed E-state index contributed by atoms with van der Waals surface area (Å²) in [6.45, 7) is 3.28. The Labute approximate surface area is 151 Å². The summed E-state index contributed by atoms with van der Waals surface area (Å²) in [7, 11) is 0. The largest absolute Gasteiger partial charge is 0.488 e. The standard InChI is InChI=1S/C19H22FN3O3/c1-2-24-11-14-8-13(10-25-19(21)22)16-9-12(5-6-17(16)26-14)15-4-3-7-23-18(15)20/h3-7,9,13-14H,2,8,10-11H2,1H3,(H3,21,22). The predicted molar refractivity (Wildman–Crippen MR) is 95.8 cm³/mol. The molecule has 0 saturated heterocycles. The second-order valence-electron chi connectivity index (χ2n) is 6.10. The molecule has 6 nitrogen and oxygen atoms in total. The Bertz CT molecular complexity index is 784. The Hall–Kier alpha value is -2.67. The number of nitrogens with two attached hydrogens (primary N) is 1. The van der Waals surface area contributed by atoms with Gasteiger partial charge in [0.2, 0.25) is 5.95 Å². The van der Waals surface area contributed by atoms with Gasteiger partial charge in [0, 0.05) is 29.8 Å². The molecule has 2 unspecified atom stereocenters. The Morgan fingerprint density at radius 2 is 2.23 bits per heavy atom. The fraction of sp³-hybridized carbons (Fsp3) is 0.368. The van der Waals surface area contributed by atoms with Crippen molar-refractivity contribution in [2.45, 2.75) is 25.4 Å². The summed E-state index contributed by atoms with van der Waals surface area (Å²) in [4.78, 5) is 3.71. The zero-order valence-electron chi connectivity index (χ0n) is 14.6. The molecule has 26 heavy (non-hydrogen) atoms. The van der Waals surface area contributed by atoms with Gasteiger partial charge in [-0.3, -0.25) is 5.41 Å². The van der Waals surface area contributed by atoms with Crippen LogP contribution in [0.15, 0.2) is 36.5 Å². The van der Waals surface area contributed by atoms with Gasteiger partial charge < -0.3 is 19.9 Å². The molecule has 1 aliphatic rings. The Morgan fingerprint density at radius 1 is 1.38 bits per heavy atom. The molecule has 1 aromatic carbocycles. The minimum Gasteiger partial charge on any atom is -0.488 e. The molecule has 0 aliphatic carbocycles. The van der Waals surface area contributed by atoms with E-state index in [0.29, 0.717) is 36.5 Å². The number of fused-ring (bicyclic) bond motifs is 1. The smallest absolute Gasteiger partial charge is 0.279 e. The van der Waals surface area contributed by atoms with E-state index in [1.54, 1.807) is 12.1 Å². The molecule has 0 bridgehead atoms. The highest BCUT2D eigenvalue weighted by atomic mass is 19.1. The Kier molecular flexibility index (Phi) is 5.68. The third kappa shape index (κ3) is 4.11. The second kappa shape index (κ2) is 8.14. The maximum absolute atomic E-state index is 14.0. The highest BCUT2D eigenvalue weighted by Gasteiger charge is 2.29. The van der Waals surface area contributed by atoms with Gasteiger partial charge in [-0.15, -0.1) is 0 Å². The van der Waals surface area contributed by atoms with Gasteiger partial charge >= 0.3 is 0 Å². The average molecular weight is 359 g/mol. The van der Waals surface area contributed by atoms with Crippen molar-refractivity contribution in [1.29, 1.82) is 5.41 Å². The number of hydrogen-bond acceptors (Lipinski definition) is 5. The number of aromatic nitrogens is 1. The van der Waals surface area contributed by atoms with Crippen molar-refractivity contribution in [3.63, 3.8) is 0 Å². The highest BCUT2D eigenvalue weighted by Crippen LogP contribution is 2.39. The molecule has 7 heteroatoms. The summed E-state index contributed by atoms with van der Waals surface area (Å²) in [5.74, 6) is 0.161. The summed E-state index contributed by atoms with van der Waals surface area (Å²) in [5, 5.41) is 7.30. The van der Waals surface area contributed by atoms with Gasteiger partial charge in [0.25, 0.3) is 6.02 Å². The molecule has 0 amide bonds. The van der Waals surface area contributed by atoms with E-state index in [1.165, 1.54) is 6.20 Å². The van der Waals surface area contributed by atoms with Crippen molar-refractivity contribution < 1.29 is 18.6 Å². The van der Waals surface area contributed by atoms with Crippen LogP contribution in [0.2, 0.25) is 0 Å². The molecule has 138 valence electrons. The number of nitrogens with one attached hydrogen (secondary N) is 1. The van der Waals surface area contributed by atoms with E-state index in [9.17, 15) is 4.39 Å². The van der Waals surface area contributed by atoms with Crippen LogP contribution in [-0.4, -0.2) is 36.9 Å². The van der Waals surface area contributed by atoms with E-state index in [4.69, 9.17) is 25.4 Å². The first-order valence-electron chi connectivity index (χ1n) is 8.54. The van der Waals surface area contributed by atoms with Crippen molar-refractivity contribution in [2.24, 2.45) is 5.73 Å². The molecular formula is C19H22FN3O3. The van der Waals surface area contributed by atoms with Gasteiger partial charge in [0.1, 0.15) is 11.9 Å². The van der Waals surface area contributed by atoms with Crippen LogP contribution in [0.3, 0.4) is 0 Å². The van der Waals surface area contributed by atoms with Gasteiger partial charge in [-0.05, 0) is 43.2 Å². The summed E-state index contributed by atoms with van der Waals surface area (Å²) < 4.78 is 30.8. The third-order valence-electron chi connectivity index (χ3n) is 4.31. The summed E-state index contributed by atoms with van der Waals surface area (Å²) in [6.07, 6.45) is 1.98. The minimum atomic E-state index is -0.519. The maximum atomic E-state index is 14.0. The minimum absolute atomic E-state index is 0.0345. The fourth-order valence-corrected chi connectivity index (χ4v) is 3.12. The van der Waals surface area contributed by atoms with Crippen LogP contribution in [0.1, 0.15) is 24.8 Å². The molecule has 2 aromatic rings. The lowest BCUT2D eigenvalue weighted by Crippen LogP contribution is -2.32. The Balaban J connectivity index is 1.92. The third-order valence-corrected chi connectivity index (χ3v) is 4.31. The lowest BCUT2D eigenvalue weighted by molar-refractivity contribution is 0.0352. The number of halogens is 1. The van der Waals surface area contributed by atoms with E-state index >= 15 is 0 Å². The predicted octanol–water partition coefficient (Wildman–Crippen LogP) is 3.07. The van der Waals surface area contributed by atoms with E-state index in [-0.39, 0.29) is 24.7 Å². The first-order valence-corrected chi connectivity index (χ1v) is 8.54. The molecule has 2 heterocycles. The normalized spacial score (nSPS) is 18.7. The molecule has 1 aliphatic heterocycles.